The van der Waals surface area contributed by atoms with E-state index in [0.29, 0.717) is 5.69 Å². The molecule has 1 aromatic rings. The molecule has 0 bridgehead atoms. The van der Waals surface area contributed by atoms with Crippen LogP contribution in [-0.2, 0) is 0 Å². The van der Waals surface area contributed by atoms with E-state index in [1.807, 2.05) is 0 Å². The molecule has 68 valence electrons. The van der Waals surface area contributed by atoms with Gasteiger partial charge in [-0.25, -0.2) is 4.98 Å². The fourth-order valence-corrected chi connectivity index (χ4v) is 1.51. The van der Waals surface area contributed by atoms with Crippen LogP contribution in [0.2, 0.25) is 0 Å². The van der Waals surface area contributed by atoms with Crippen LogP contribution in [0.5, 0.6) is 0 Å². The Balaban J connectivity index is 2.13. The number of Topliss-reactive ketones (excluding diaryl/α,β-unsaturated/α-hetero) is 1. The molecule has 2 heterocycles. The molecule has 0 amide bonds. The molecule has 0 spiro atoms. The van der Waals surface area contributed by atoms with Gasteiger partial charge in [-0.1, -0.05) is 0 Å². The summed E-state index contributed by atoms with van der Waals surface area (Å²) in [6.07, 6.45) is 5.56. The maximum atomic E-state index is 11.7. The fraction of sp³-hybridized carbons (Fsp3) is 0.444. The molecule has 1 aromatic heterocycles. The van der Waals surface area contributed by atoms with Crippen LogP contribution in [0.15, 0.2) is 18.6 Å². The smallest absolute Gasteiger partial charge is 0.187 e. The summed E-state index contributed by atoms with van der Waals surface area (Å²) in [5.74, 6) is 0.204. The highest BCUT2D eigenvalue weighted by atomic mass is 16.1. The number of carbonyl (C=O) groups is 1. The van der Waals surface area contributed by atoms with Crippen molar-refractivity contribution in [2.75, 3.05) is 13.1 Å². The molecule has 1 saturated heterocycles. The molecule has 0 aromatic carbocycles. The van der Waals surface area contributed by atoms with E-state index in [1.165, 1.54) is 6.20 Å². The quantitative estimate of drug-likeness (QED) is 0.659. The van der Waals surface area contributed by atoms with Gasteiger partial charge in [0.2, 0.25) is 0 Å². The van der Waals surface area contributed by atoms with E-state index in [1.54, 1.807) is 12.4 Å². The largest absolute Gasteiger partial charge is 0.316 e. The SMILES string of the molecule is O=C(c1cnccn1)C1CCNC1. The molecule has 1 N–H and O–H groups in total. The van der Waals surface area contributed by atoms with E-state index in [-0.39, 0.29) is 11.7 Å². The molecule has 0 aliphatic carbocycles. The van der Waals surface area contributed by atoms with Crippen LogP contribution < -0.4 is 5.32 Å². The van der Waals surface area contributed by atoms with Crippen LogP contribution in [0.1, 0.15) is 16.9 Å². The highest BCUT2D eigenvalue weighted by Gasteiger charge is 2.24. The lowest BCUT2D eigenvalue weighted by Gasteiger charge is -2.04. The molecule has 1 unspecified atom stereocenters. The summed E-state index contributed by atoms with van der Waals surface area (Å²) < 4.78 is 0. The Bertz CT molecular complexity index is 293. The zero-order chi connectivity index (χ0) is 9.10. The molecule has 2 rings (SSSR count). The van der Waals surface area contributed by atoms with Crippen LogP contribution in [0.4, 0.5) is 0 Å². The minimum atomic E-state index is 0.0942. The summed E-state index contributed by atoms with van der Waals surface area (Å²) in [5.41, 5.74) is 0.483. The molecular formula is C9H11N3O. The standard InChI is InChI=1S/C9H11N3O/c13-9(7-1-2-10-5-7)8-6-11-3-4-12-8/h3-4,6-7,10H,1-2,5H2. The number of carbonyl (C=O) groups excluding carboxylic acids is 1. The average molecular weight is 177 g/mol. The van der Waals surface area contributed by atoms with Crippen molar-refractivity contribution in [3.63, 3.8) is 0 Å². The van der Waals surface area contributed by atoms with Crippen LogP contribution in [0.25, 0.3) is 0 Å². The second-order valence-corrected chi connectivity index (χ2v) is 3.14. The first-order chi connectivity index (χ1) is 6.38. The number of aromatic nitrogens is 2. The van der Waals surface area contributed by atoms with E-state index in [2.05, 4.69) is 15.3 Å². The topological polar surface area (TPSA) is 54.9 Å². The van der Waals surface area contributed by atoms with Crippen molar-refractivity contribution in [3.8, 4) is 0 Å². The Labute approximate surface area is 76.4 Å². The van der Waals surface area contributed by atoms with Gasteiger partial charge in [0.05, 0.1) is 6.20 Å². The first-order valence-electron chi connectivity index (χ1n) is 4.39. The van der Waals surface area contributed by atoms with Gasteiger partial charge >= 0.3 is 0 Å². The van der Waals surface area contributed by atoms with E-state index in [4.69, 9.17) is 0 Å². The minimum absolute atomic E-state index is 0.0942. The van der Waals surface area contributed by atoms with Crippen molar-refractivity contribution in [3.05, 3.63) is 24.3 Å². The molecule has 1 aliphatic heterocycles. The number of nitrogens with zero attached hydrogens (tertiary/aromatic N) is 2. The van der Waals surface area contributed by atoms with Crippen molar-refractivity contribution in [1.29, 1.82) is 0 Å². The highest BCUT2D eigenvalue weighted by molar-refractivity contribution is 5.96. The van der Waals surface area contributed by atoms with E-state index < -0.39 is 0 Å². The van der Waals surface area contributed by atoms with Gasteiger partial charge in [0.15, 0.2) is 5.78 Å². The molecule has 1 atom stereocenters. The molecule has 0 saturated carbocycles. The zero-order valence-electron chi connectivity index (χ0n) is 7.23. The predicted octanol–water partition coefficient (Wildman–Crippen LogP) is 0.269. The Morgan fingerprint density at radius 2 is 2.46 bits per heavy atom. The molecule has 13 heavy (non-hydrogen) atoms. The monoisotopic (exact) mass is 177 g/mol. The summed E-state index contributed by atoms with van der Waals surface area (Å²) in [5, 5.41) is 3.15. The van der Waals surface area contributed by atoms with Gasteiger partial charge in [-0.15, -0.1) is 0 Å². The van der Waals surface area contributed by atoms with Crippen LogP contribution in [0, 0.1) is 5.92 Å². The second-order valence-electron chi connectivity index (χ2n) is 3.14. The van der Waals surface area contributed by atoms with Crippen LogP contribution in [0.3, 0.4) is 0 Å². The maximum absolute atomic E-state index is 11.7. The summed E-state index contributed by atoms with van der Waals surface area (Å²) >= 11 is 0. The van der Waals surface area contributed by atoms with Crippen molar-refractivity contribution in [2.24, 2.45) is 5.92 Å². The zero-order valence-corrected chi connectivity index (χ0v) is 7.23. The number of hydrogen-bond donors (Lipinski definition) is 1. The average Bonchev–Trinajstić information content (AvgIpc) is 2.71. The molecular weight excluding hydrogens is 166 g/mol. The Kier molecular flexibility index (Phi) is 2.31. The normalized spacial score (nSPS) is 21.7. The Hall–Kier alpha value is -1.29. The lowest BCUT2D eigenvalue weighted by molar-refractivity contribution is 0.0925. The number of rotatable bonds is 2. The number of nitrogens with one attached hydrogen (secondary N) is 1. The first kappa shape index (κ1) is 8.31. The molecule has 1 aliphatic rings. The van der Waals surface area contributed by atoms with Gasteiger partial charge in [0.1, 0.15) is 5.69 Å². The number of hydrogen-bond acceptors (Lipinski definition) is 4. The maximum Gasteiger partial charge on any atom is 0.187 e. The summed E-state index contributed by atoms with van der Waals surface area (Å²) in [7, 11) is 0. The van der Waals surface area contributed by atoms with Gasteiger partial charge in [-0.05, 0) is 13.0 Å². The first-order valence-corrected chi connectivity index (χ1v) is 4.39. The lowest BCUT2D eigenvalue weighted by atomic mass is 10.0. The van der Waals surface area contributed by atoms with Crippen molar-refractivity contribution >= 4 is 5.78 Å². The van der Waals surface area contributed by atoms with Crippen molar-refractivity contribution in [1.82, 2.24) is 15.3 Å². The van der Waals surface area contributed by atoms with Crippen LogP contribution in [-0.4, -0.2) is 28.8 Å². The highest BCUT2D eigenvalue weighted by Crippen LogP contribution is 2.12. The van der Waals surface area contributed by atoms with Crippen molar-refractivity contribution in [2.45, 2.75) is 6.42 Å². The molecule has 0 radical (unpaired) electrons. The number of ketones is 1. The molecule has 4 heteroatoms. The third kappa shape index (κ3) is 1.72. The summed E-state index contributed by atoms with van der Waals surface area (Å²) in [6.45, 7) is 1.70. The van der Waals surface area contributed by atoms with Gasteiger partial charge in [0, 0.05) is 24.9 Å². The minimum Gasteiger partial charge on any atom is -0.316 e. The van der Waals surface area contributed by atoms with Crippen LogP contribution >= 0.6 is 0 Å². The fourth-order valence-electron chi connectivity index (χ4n) is 1.51. The molecule has 4 nitrogen and oxygen atoms in total. The Morgan fingerprint density at radius 3 is 3.08 bits per heavy atom. The van der Waals surface area contributed by atoms with E-state index in [9.17, 15) is 4.79 Å². The van der Waals surface area contributed by atoms with E-state index in [0.717, 1.165) is 19.5 Å². The predicted molar refractivity (Wildman–Crippen MR) is 47.3 cm³/mol. The van der Waals surface area contributed by atoms with Gasteiger partial charge < -0.3 is 5.32 Å². The Morgan fingerprint density at radius 1 is 1.54 bits per heavy atom. The van der Waals surface area contributed by atoms with Crippen molar-refractivity contribution < 1.29 is 4.79 Å². The lowest BCUT2D eigenvalue weighted by Crippen LogP contribution is -2.18. The summed E-state index contributed by atoms with van der Waals surface area (Å²) in [6, 6.07) is 0. The second kappa shape index (κ2) is 3.62. The van der Waals surface area contributed by atoms with E-state index >= 15 is 0 Å². The third-order valence-corrected chi connectivity index (χ3v) is 2.25. The van der Waals surface area contributed by atoms with Gasteiger partial charge in [-0.3, -0.25) is 9.78 Å². The van der Waals surface area contributed by atoms with Gasteiger partial charge in [-0.2, -0.15) is 0 Å². The summed E-state index contributed by atoms with van der Waals surface area (Å²) in [4.78, 5) is 19.6. The molecule has 1 fully saturated rings. The third-order valence-electron chi connectivity index (χ3n) is 2.25. The van der Waals surface area contributed by atoms with Gasteiger partial charge in [0.25, 0.3) is 0 Å².